The molecule has 1 aromatic heterocycles. The van der Waals surface area contributed by atoms with Crippen molar-refractivity contribution in [3.05, 3.63) is 41.6 Å². The van der Waals surface area contributed by atoms with Gasteiger partial charge in [0, 0.05) is 17.4 Å². The van der Waals surface area contributed by atoms with E-state index in [1.54, 1.807) is 7.11 Å². The lowest BCUT2D eigenvalue weighted by atomic mass is 9.89. The summed E-state index contributed by atoms with van der Waals surface area (Å²) in [5.74, 6) is 2.40. The molecule has 5 rings (SSSR count). The van der Waals surface area contributed by atoms with Crippen LogP contribution in [0, 0.1) is 0 Å². The zero-order chi connectivity index (χ0) is 22.1. The molecule has 2 aliphatic heterocycles. The lowest BCUT2D eigenvalue weighted by Crippen LogP contribution is -3.00. The van der Waals surface area contributed by atoms with Crippen LogP contribution in [0.15, 0.2) is 30.5 Å². The average Bonchev–Trinajstić information content (AvgIpc) is 3.27. The summed E-state index contributed by atoms with van der Waals surface area (Å²) in [6.45, 7) is 3.41. The van der Waals surface area contributed by atoms with Crippen molar-refractivity contribution in [3.8, 4) is 34.3 Å². The Morgan fingerprint density at radius 1 is 1.00 bits per heavy atom. The minimum Gasteiger partial charge on any atom is -1.00 e. The van der Waals surface area contributed by atoms with Crippen molar-refractivity contribution in [2.24, 2.45) is 0 Å². The standard InChI is InChI=1S/C27H31NO4.ClH/c1-3-4-5-6-7-8-9-20-19-10-11-23(30-2)27(29)22(19)16-28-13-12-18-14-24-25(32-17-31-24)15-21(18)26(20)28;/h10-11,14-16H,3-9,12-13,17H2,1-2H3;1H. The summed E-state index contributed by atoms with van der Waals surface area (Å²) in [5, 5.41) is 12.9. The molecule has 0 spiro atoms. The smallest absolute Gasteiger partial charge is 0.231 e. The van der Waals surface area contributed by atoms with Crippen LogP contribution in [0.1, 0.15) is 56.6 Å². The predicted molar refractivity (Wildman–Crippen MR) is 125 cm³/mol. The number of aromatic nitrogens is 1. The summed E-state index contributed by atoms with van der Waals surface area (Å²) in [5.41, 5.74) is 5.07. The first-order valence-corrected chi connectivity index (χ1v) is 11.9. The number of hydrogen-bond donors (Lipinski definition) is 1. The quantitative estimate of drug-likeness (QED) is 0.407. The number of pyridine rings is 1. The topological polar surface area (TPSA) is 51.8 Å². The molecular weight excluding hydrogens is 438 g/mol. The van der Waals surface area contributed by atoms with Crippen molar-refractivity contribution in [2.75, 3.05) is 13.9 Å². The van der Waals surface area contributed by atoms with E-state index >= 15 is 0 Å². The number of phenolic OH excluding ortho intramolecular Hbond substituents is 1. The molecule has 0 unspecified atom stereocenters. The molecule has 5 nitrogen and oxygen atoms in total. The molecule has 0 radical (unpaired) electrons. The minimum absolute atomic E-state index is 0. The maximum atomic E-state index is 10.9. The Morgan fingerprint density at radius 3 is 2.55 bits per heavy atom. The Hall–Kier alpha value is -2.66. The molecule has 0 fully saturated rings. The van der Waals surface area contributed by atoms with E-state index in [-0.39, 0.29) is 24.9 Å². The number of aryl methyl sites for hydroxylation is 3. The number of methoxy groups -OCH3 is 1. The van der Waals surface area contributed by atoms with Crippen LogP contribution in [-0.4, -0.2) is 19.0 Å². The number of unbranched alkanes of at least 4 members (excludes halogenated alkanes) is 5. The Labute approximate surface area is 201 Å². The first-order chi connectivity index (χ1) is 15.7. The second-order valence-electron chi connectivity index (χ2n) is 8.86. The maximum absolute atomic E-state index is 10.9. The third-order valence-corrected chi connectivity index (χ3v) is 6.84. The second kappa shape index (κ2) is 10.1. The summed E-state index contributed by atoms with van der Waals surface area (Å²) < 4.78 is 19.0. The van der Waals surface area contributed by atoms with Gasteiger partial charge in [-0.25, -0.2) is 0 Å². The predicted octanol–water partition coefficient (Wildman–Crippen LogP) is 2.70. The molecule has 3 aromatic rings. The normalized spacial score (nSPS) is 13.4. The number of benzene rings is 2. The van der Waals surface area contributed by atoms with Gasteiger partial charge in [0.05, 0.1) is 18.1 Å². The number of halogens is 1. The lowest BCUT2D eigenvalue weighted by molar-refractivity contribution is -0.686. The van der Waals surface area contributed by atoms with E-state index in [4.69, 9.17) is 14.2 Å². The summed E-state index contributed by atoms with van der Waals surface area (Å²) in [6, 6.07) is 8.26. The van der Waals surface area contributed by atoms with Gasteiger partial charge in [-0.05, 0) is 42.7 Å². The molecule has 0 saturated carbocycles. The first-order valence-electron chi connectivity index (χ1n) is 11.9. The van der Waals surface area contributed by atoms with Crippen molar-refractivity contribution in [2.45, 2.75) is 64.8 Å². The molecule has 33 heavy (non-hydrogen) atoms. The van der Waals surface area contributed by atoms with Gasteiger partial charge < -0.3 is 31.7 Å². The van der Waals surface area contributed by atoms with E-state index in [0.29, 0.717) is 5.75 Å². The maximum Gasteiger partial charge on any atom is 0.231 e. The van der Waals surface area contributed by atoms with Gasteiger partial charge in [-0.1, -0.05) is 39.0 Å². The van der Waals surface area contributed by atoms with Crippen LogP contribution in [0.2, 0.25) is 0 Å². The van der Waals surface area contributed by atoms with Crippen molar-refractivity contribution < 1.29 is 36.3 Å². The van der Waals surface area contributed by atoms with Crippen LogP contribution >= 0.6 is 0 Å². The zero-order valence-electron chi connectivity index (χ0n) is 19.5. The fraction of sp³-hybridized carbons (Fsp3) is 0.444. The SMILES string of the molecule is CCCCCCCCc1c2[n+](cc3c(O)c(OC)ccc13)CCc1cc3c(cc1-2)OCO3.[Cl-]. The van der Waals surface area contributed by atoms with Gasteiger partial charge in [0.25, 0.3) is 0 Å². The van der Waals surface area contributed by atoms with E-state index in [1.807, 2.05) is 6.07 Å². The highest BCUT2D eigenvalue weighted by atomic mass is 35.5. The Bertz CT molecular complexity index is 1160. The molecular formula is C27H32ClNO4. The van der Waals surface area contributed by atoms with Gasteiger partial charge in [0.2, 0.25) is 12.5 Å². The van der Waals surface area contributed by atoms with Crippen molar-refractivity contribution in [1.29, 1.82) is 0 Å². The fourth-order valence-electron chi connectivity index (χ4n) is 5.15. The Balaban J connectivity index is 0.00000259. The number of rotatable bonds is 8. The Morgan fingerprint density at radius 2 is 1.76 bits per heavy atom. The van der Waals surface area contributed by atoms with Gasteiger partial charge >= 0.3 is 0 Å². The molecule has 0 bridgehead atoms. The molecule has 3 heterocycles. The third kappa shape index (κ3) is 4.31. The summed E-state index contributed by atoms with van der Waals surface area (Å²) in [7, 11) is 1.60. The van der Waals surface area contributed by atoms with Crippen LogP contribution in [0.4, 0.5) is 0 Å². The number of aromatic hydroxyl groups is 1. The number of nitrogens with zero attached hydrogens (tertiary/aromatic N) is 1. The summed E-state index contributed by atoms with van der Waals surface area (Å²) >= 11 is 0. The van der Waals surface area contributed by atoms with Gasteiger partial charge in [-0.2, -0.15) is 4.57 Å². The molecule has 2 aliphatic rings. The summed E-state index contributed by atoms with van der Waals surface area (Å²) in [4.78, 5) is 0. The lowest BCUT2D eigenvalue weighted by Gasteiger charge is -2.20. The van der Waals surface area contributed by atoms with E-state index in [9.17, 15) is 5.11 Å². The van der Waals surface area contributed by atoms with Crippen LogP contribution in [0.3, 0.4) is 0 Å². The molecule has 0 saturated heterocycles. The van der Waals surface area contributed by atoms with Crippen molar-refractivity contribution >= 4 is 10.8 Å². The average molecular weight is 470 g/mol. The van der Waals surface area contributed by atoms with Gasteiger partial charge in [0.15, 0.2) is 35.7 Å². The van der Waals surface area contributed by atoms with Crippen LogP contribution in [0.25, 0.3) is 22.0 Å². The number of ether oxygens (including phenoxy) is 3. The highest BCUT2D eigenvalue weighted by Gasteiger charge is 2.31. The number of fused-ring (bicyclic) bond motifs is 5. The highest BCUT2D eigenvalue weighted by molar-refractivity contribution is 5.94. The number of phenols is 1. The van der Waals surface area contributed by atoms with Gasteiger partial charge in [-0.3, -0.25) is 0 Å². The third-order valence-electron chi connectivity index (χ3n) is 6.84. The van der Waals surface area contributed by atoms with Crippen LogP contribution in [0.5, 0.6) is 23.0 Å². The first kappa shape index (κ1) is 23.5. The van der Waals surface area contributed by atoms with Gasteiger partial charge in [0.1, 0.15) is 0 Å². The van der Waals surface area contributed by atoms with Crippen LogP contribution in [-0.2, 0) is 19.4 Å². The zero-order valence-corrected chi connectivity index (χ0v) is 20.2. The summed E-state index contributed by atoms with van der Waals surface area (Å²) in [6.07, 6.45) is 11.5. The van der Waals surface area contributed by atoms with E-state index < -0.39 is 0 Å². The van der Waals surface area contributed by atoms with Crippen molar-refractivity contribution in [3.63, 3.8) is 0 Å². The monoisotopic (exact) mass is 469 g/mol. The number of hydrogen-bond acceptors (Lipinski definition) is 4. The van der Waals surface area contributed by atoms with E-state index in [1.165, 1.54) is 54.5 Å². The molecule has 0 aliphatic carbocycles. The molecule has 0 atom stereocenters. The molecule has 1 N–H and O–H groups in total. The Kier molecular flexibility index (Phi) is 7.18. The highest BCUT2D eigenvalue weighted by Crippen LogP contribution is 2.43. The minimum atomic E-state index is 0. The van der Waals surface area contributed by atoms with E-state index in [0.717, 1.165) is 48.1 Å². The second-order valence-corrected chi connectivity index (χ2v) is 8.86. The largest absolute Gasteiger partial charge is 1.00 e. The molecule has 176 valence electrons. The molecule has 0 amide bonds. The molecule has 6 heteroatoms. The molecule has 2 aromatic carbocycles. The van der Waals surface area contributed by atoms with Gasteiger partial charge in [-0.15, -0.1) is 0 Å². The fourth-order valence-corrected chi connectivity index (χ4v) is 5.15. The van der Waals surface area contributed by atoms with E-state index in [2.05, 4.69) is 35.9 Å². The van der Waals surface area contributed by atoms with Crippen molar-refractivity contribution in [1.82, 2.24) is 0 Å². The van der Waals surface area contributed by atoms with Crippen LogP contribution < -0.4 is 31.2 Å².